The van der Waals surface area contributed by atoms with Crippen LogP contribution in [-0.2, 0) is 18.9 Å². The van der Waals surface area contributed by atoms with Crippen LogP contribution < -0.4 is 20.4 Å². The van der Waals surface area contributed by atoms with Gasteiger partial charge in [0.05, 0.1) is 47.4 Å². The van der Waals surface area contributed by atoms with Gasteiger partial charge in [-0.3, -0.25) is 20.2 Å². The van der Waals surface area contributed by atoms with Gasteiger partial charge in [-0.1, -0.05) is 49.5 Å². The molecule has 4 aliphatic carbocycles. The summed E-state index contributed by atoms with van der Waals surface area (Å²) in [5, 5.41) is 61.6. The molecule has 0 spiro atoms. The summed E-state index contributed by atoms with van der Waals surface area (Å²) >= 11 is 2.74. The maximum atomic E-state index is 13.9. The Morgan fingerprint density at radius 2 is 1.18 bits per heavy atom. The topological polar surface area (TPSA) is 266 Å². The molecular weight excluding hydrogens is 1060 g/mol. The van der Waals surface area contributed by atoms with Crippen molar-refractivity contribution in [2.75, 3.05) is 66.4 Å². The van der Waals surface area contributed by atoms with Gasteiger partial charge in [-0.05, 0) is 87.8 Å². The van der Waals surface area contributed by atoms with Gasteiger partial charge in [0.2, 0.25) is 23.3 Å². The molecule has 4 saturated carbocycles. The molecule has 2 aromatic carbocycles. The number of rotatable bonds is 22. The molecule has 1 aliphatic heterocycles. The standard InChI is InChI=1S/C26H33F2N5O5S.C24H31F2N5O6S/c1-6-9-39-25-30-23(29-17-12-19(36-5)22-21(17)37-26(2,3)38-22)20(33(34)35)24(31-25)32(4)18-11-14(18)13-7-8-15(27)16(28)10-13;1-3-8-38-24-28-22(27-16-11-18(37-7-6-32)21(34)20(16)33)19(31(35)36)23(29-24)30(2)17-10-13(17)12-4-5-14(25)15(26)9-12/h7-8,10,14,17-19,21-22H,6,9,11-12H2,1-5H3,(H,29,30,31);4-5,9,13,16-18,20-21,32-34H,3,6-8,10-11H2,1-2H3,(H,27,28,29)/t14-,17+,18+,19-,21-,22+;13-,16+,17+,18-,20-,21+/m00/s1. The zero-order valence-corrected chi connectivity index (χ0v) is 45.1. The van der Waals surface area contributed by atoms with E-state index in [2.05, 4.69) is 30.6 Å². The smallest absolute Gasteiger partial charge is 0.353 e. The molecule has 1 saturated heterocycles. The van der Waals surface area contributed by atoms with E-state index >= 15 is 0 Å². The highest BCUT2D eigenvalue weighted by Gasteiger charge is 2.55. The van der Waals surface area contributed by atoms with Crippen molar-refractivity contribution in [3.63, 3.8) is 0 Å². The number of fused-ring (bicyclic) bond motifs is 1. The van der Waals surface area contributed by atoms with Gasteiger partial charge in [-0.25, -0.2) is 17.6 Å². The van der Waals surface area contributed by atoms with Crippen molar-refractivity contribution < 1.29 is 61.7 Å². The highest BCUT2D eigenvalue weighted by atomic mass is 32.2. The molecular formula is C50H64F4N10O11S2. The van der Waals surface area contributed by atoms with Crippen LogP contribution in [0, 0.1) is 43.5 Å². The molecule has 0 amide bonds. The second kappa shape index (κ2) is 24.4. The first-order chi connectivity index (χ1) is 36.7. The summed E-state index contributed by atoms with van der Waals surface area (Å²) in [5.74, 6) is -3.14. The number of anilines is 4. The van der Waals surface area contributed by atoms with E-state index in [1.165, 1.54) is 35.7 Å². The fourth-order valence-corrected chi connectivity index (χ4v) is 11.7. The lowest BCUT2D eigenvalue weighted by Crippen LogP contribution is -2.37. The Balaban J connectivity index is 0.000000204. The highest BCUT2D eigenvalue weighted by Crippen LogP contribution is 2.50. The number of benzene rings is 2. The summed E-state index contributed by atoms with van der Waals surface area (Å²) in [7, 11) is 5.00. The molecule has 27 heteroatoms. The molecule has 5 fully saturated rings. The third-order valence-corrected chi connectivity index (χ3v) is 16.4. The molecule has 0 unspecified atom stereocenters. The summed E-state index contributed by atoms with van der Waals surface area (Å²) in [4.78, 5) is 45.0. The van der Waals surface area contributed by atoms with Gasteiger partial charge >= 0.3 is 11.4 Å². The van der Waals surface area contributed by atoms with Crippen LogP contribution in [0.15, 0.2) is 46.7 Å². The number of hydrogen-bond donors (Lipinski definition) is 5. The van der Waals surface area contributed by atoms with Gasteiger partial charge in [-0.2, -0.15) is 19.9 Å². The van der Waals surface area contributed by atoms with Crippen molar-refractivity contribution in [2.24, 2.45) is 0 Å². The lowest BCUT2D eigenvalue weighted by Gasteiger charge is -2.25. The molecule has 5 N–H and O–H groups in total. The van der Waals surface area contributed by atoms with Crippen LogP contribution in [0.1, 0.15) is 89.2 Å². The van der Waals surface area contributed by atoms with Gasteiger partial charge in [-0.15, -0.1) is 0 Å². The van der Waals surface area contributed by atoms with E-state index in [9.17, 15) is 48.0 Å². The summed E-state index contributed by atoms with van der Waals surface area (Å²) in [6.45, 7) is 7.38. The van der Waals surface area contributed by atoms with Crippen molar-refractivity contribution in [3.8, 4) is 0 Å². The van der Waals surface area contributed by atoms with Crippen molar-refractivity contribution in [2.45, 2.75) is 155 Å². The molecule has 21 nitrogen and oxygen atoms in total. The predicted molar refractivity (Wildman–Crippen MR) is 279 cm³/mol. The molecule has 12 atom stereocenters. The van der Waals surface area contributed by atoms with E-state index in [1.807, 2.05) is 27.7 Å². The third-order valence-electron chi connectivity index (χ3n) is 14.3. The van der Waals surface area contributed by atoms with Crippen LogP contribution in [0.5, 0.6) is 0 Å². The summed E-state index contributed by atoms with van der Waals surface area (Å²) in [5.41, 5.74) is 0.592. The van der Waals surface area contributed by atoms with E-state index in [0.29, 0.717) is 46.5 Å². The van der Waals surface area contributed by atoms with Gasteiger partial charge in [0.15, 0.2) is 39.4 Å². The molecule has 2 aromatic heterocycles. The van der Waals surface area contributed by atoms with Crippen LogP contribution in [-0.4, -0.2) is 158 Å². The quantitative estimate of drug-likeness (QED) is 0.0170. The van der Waals surface area contributed by atoms with Crippen molar-refractivity contribution in [1.29, 1.82) is 0 Å². The number of likely N-dealkylation sites (N-methyl/N-ethyl adjacent to an activating group) is 2. The highest BCUT2D eigenvalue weighted by molar-refractivity contribution is 7.99. The summed E-state index contributed by atoms with van der Waals surface area (Å²) in [6.07, 6.45) is -0.702. The van der Waals surface area contributed by atoms with E-state index in [-0.39, 0.29) is 96.9 Å². The van der Waals surface area contributed by atoms with E-state index in [0.717, 1.165) is 36.8 Å². The Labute approximate surface area is 450 Å². The number of thioether (sulfide) groups is 2. The summed E-state index contributed by atoms with van der Waals surface area (Å²) < 4.78 is 77.8. The number of hydrogen-bond acceptors (Lipinski definition) is 21. The number of aliphatic hydroxyl groups excluding tert-OH is 3. The van der Waals surface area contributed by atoms with Crippen molar-refractivity contribution in [1.82, 2.24) is 19.9 Å². The average Bonchev–Trinajstić information content (AvgIpc) is 4.40. The fraction of sp³-hybridized carbons (Fsp3) is 0.600. The van der Waals surface area contributed by atoms with E-state index < -0.39 is 68.9 Å². The Kier molecular flexibility index (Phi) is 18.4. The Hall–Kier alpha value is -5.26. The number of aliphatic hydroxyl groups is 3. The lowest BCUT2D eigenvalue weighted by atomic mass is 10.1. The van der Waals surface area contributed by atoms with Crippen LogP contribution in [0.25, 0.3) is 0 Å². The first-order valence-electron chi connectivity index (χ1n) is 25.4. The predicted octanol–water partition coefficient (Wildman–Crippen LogP) is 7.32. The van der Waals surface area contributed by atoms with Gasteiger partial charge in [0, 0.05) is 56.6 Å². The second-order valence-electron chi connectivity index (χ2n) is 20.1. The molecule has 77 heavy (non-hydrogen) atoms. The monoisotopic (exact) mass is 1120 g/mol. The van der Waals surface area contributed by atoms with Crippen molar-refractivity contribution in [3.05, 3.63) is 91.0 Å². The summed E-state index contributed by atoms with van der Waals surface area (Å²) in [6, 6.07) is 6.00. The van der Waals surface area contributed by atoms with E-state index in [1.54, 1.807) is 37.1 Å². The van der Waals surface area contributed by atoms with Gasteiger partial charge < -0.3 is 54.7 Å². The largest absolute Gasteiger partial charge is 0.394 e. The Bertz CT molecular complexity index is 2780. The number of nitrogens with one attached hydrogen (secondary N) is 2. The third kappa shape index (κ3) is 12.9. The number of ether oxygens (including phenoxy) is 4. The number of nitro groups is 2. The molecule has 0 bridgehead atoms. The second-order valence-corrected chi connectivity index (χ2v) is 22.2. The number of aromatic nitrogens is 4. The van der Waals surface area contributed by atoms with Crippen LogP contribution in [0.4, 0.5) is 52.2 Å². The number of methoxy groups -OCH3 is 1. The van der Waals surface area contributed by atoms with Crippen LogP contribution in [0.3, 0.4) is 0 Å². The molecule has 4 aromatic rings. The normalized spacial score (nSPS) is 27.6. The van der Waals surface area contributed by atoms with Gasteiger partial charge in [0.25, 0.3) is 0 Å². The molecule has 9 rings (SSSR count). The molecule has 0 radical (unpaired) electrons. The molecule has 3 heterocycles. The first-order valence-corrected chi connectivity index (χ1v) is 27.4. The minimum absolute atomic E-state index is 0.0257. The minimum Gasteiger partial charge on any atom is -0.394 e. The minimum atomic E-state index is -1.29. The SMILES string of the molecule is CCCSc1nc(N[C@@H]2C[C@H](OC)[C@H]3OC(C)(C)O[C@H]32)c([N+](=O)[O-])c(N(C)[C@@H]2C[C@H]2c2ccc(F)c(F)c2)n1.CCCSc1nc(N[C@@H]2C[C@H](OCCO)[C@@H](O)[C@H]2O)c([N+](=O)[O-])c(N(C)[C@@H]2C[C@H]2c2ccc(F)c(F)c2)n1. The van der Waals surface area contributed by atoms with Crippen LogP contribution >= 0.6 is 23.5 Å². The van der Waals surface area contributed by atoms with Crippen molar-refractivity contribution >= 4 is 58.2 Å². The average molecular weight is 1120 g/mol. The number of nitrogens with zero attached hydrogens (tertiary/aromatic N) is 8. The molecule has 5 aliphatic rings. The maximum absolute atomic E-state index is 13.9. The zero-order chi connectivity index (χ0) is 55.6. The van der Waals surface area contributed by atoms with E-state index in [4.69, 9.17) is 24.1 Å². The Morgan fingerprint density at radius 3 is 1.62 bits per heavy atom. The Morgan fingerprint density at radius 1 is 0.714 bits per heavy atom. The fourth-order valence-electron chi connectivity index (χ4n) is 10.3. The van der Waals surface area contributed by atoms with Gasteiger partial charge in [0.1, 0.15) is 24.4 Å². The maximum Gasteiger partial charge on any atom is 0.353 e. The first kappa shape index (κ1) is 57.9. The zero-order valence-electron chi connectivity index (χ0n) is 43.5. The number of halogens is 4. The van der Waals surface area contributed by atoms with Crippen LogP contribution in [0.2, 0.25) is 0 Å². The lowest BCUT2D eigenvalue weighted by molar-refractivity contribution is -0.383. The molecule has 420 valence electrons.